The molecule has 1 aliphatic rings. The number of halogens is 1. The molecule has 2 rings (SSSR count). The van der Waals surface area contributed by atoms with Gasteiger partial charge >= 0.3 is 5.69 Å². The minimum absolute atomic E-state index is 0.0599. The van der Waals surface area contributed by atoms with Crippen molar-refractivity contribution in [1.29, 1.82) is 0 Å². The predicted octanol–water partition coefficient (Wildman–Crippen LogP) is 0.659. The van der Waals surface area contributed by atoms with Crippen molar-refractivity contribution in [3.05, 3.63) is 22.5 Å². The molecule has 0 radical (unpaired) electrons. The molecule has 1 fully saturated rings. The molecule has 1 saturated heterocycles. The van der Waals surface area contributed by atoms with Crippen molar-refractivity contribution >= 4 is 17.6 Å². The van der Waals surface area contributed by atoms with Crippen LogP contribution >= 0.6 is 11.8 Å². The highest BCUT2D eigenvalue weighted by atomic mass is 32.2. The fourth-order valence-electron chi connectivity index (χ4n) is 1.64. The minimum atomic E-state index is -0.583. The second-order valence-electron chi connectivity index (χ2n) is 3.69. The van der Waals surface area contributed by atoms with Crippen molar-refractivity contribution in [2.45, 2.75) is 11.7 Å². The Kier molecular flexibility index (Phi) is 4.20. The normalized spacial score (nSPS) is 23.3. The lowest BCUT2D eigenvalue weighted by atomic mass is 10.5. The van der Waals surface area contributed by atoms with E-state index in [0.717, 1.165) is 6.20 Å². The third kappa shape index (κ3) is 2.65. The first-order valence-electron chi connectivity index (χ1n) is 5.38. The Labute approximate surface area is 107 Å². The highest BCUT2D eigenvalue weighted by molar-refractivity contribution is 8.00. The molecular formula is C10H14FN3O3S. The molecule has 0 spiro atoms. The molecule has 0 saturated carbocycles. The maximum atomic E-state index is 13.6. The number of anilines is 1. The van der Waals surface area contributed by atoms with Crippen LogP contribution in [-0.2, 0) is 9.47 Å². The first-order chi connectivity index (χ1) is 8.65. The average Bonchev–Trinajstić information content (AvgIpc) is 2.80. The van der Waals surface area contributed by atoms with Gasteiger partial charge in [-0.3, -0.25) is 4.57 Å². The van der Waals surface area contributed by atoms with Crippen LogP contribution in [0.2, 0.25) is 0 Å². The summed E-state index contributed by atoms with van der Waals surface area (Å²) in [6.07, 6.45) is 0.609. The van der Waals surface area contributed by atoms with Gasteiger partial charge in [0.25, 0.3) is 0 Å². The average molecular weight is 275 g/mol. The third-order valence-electron chi connectivity index (χ3n) is 2.49. The fraction of sp³-hybridized carbons (Fsp3) is 0.600. The van der Waals surface area contributed by atoms with Crippen molar-refractivity contribution in [1.82, 2.24) is 9.55 Å². The molecule has 18 heavy (non-hydrogen) atoms. The van der Waals surface area contributed by atoms with Gasteiger partial charge in [0.15, 0.2) is 11.6 Å². The Hall–Kier alpha value is -1.12. The number of rotatable bonds is 4. The van der Waals surface area contributed by atoms with Gasteiger partial charge in [0.1, 0.15) is 11.7 Å². The maximum absolute atomic E-state index is 13.6. The van der Waals surface area contributed by atoms with Crippen LogP contribution in [-0.4, -0.2) is 41.5 Å². The number of nitrogens with zero attached hydrogens (tertiary/aromatic N) is 2. The molecule has 6 nitrogen and oxygen atoms in total. The lowest BCUT2D eigenvalue weighted by Crippen LogP contribution is -2.29. The molecule has 1 aliphatic heterocycles. The van der Waals surface area contributed by atoms with Gasteiger partial charge < -0.3 is 14.8 Å². The van der Waals surface area contributed by atoms with Crippen LogP contribution < -0.4 is 11.0 Å². The van der Waals surface area contributed by atoms with Crippen molar-refractivity contribution in [3.8, 4) is 0 Å². The van der Waals surface area contributed by atoms with E-state index < -0.39 is 17.7 Å². The molecule has 0 aromatic carbocycles. The van der Waals surface area contributed by atoms with Crippen LogP contribution in [0.1, 0.15) is 6.23 Å². The number of methoxy groups -OCH3 is 1. The summed E-state index contributed by atoms with van der Waals surface area (Å²) in [5.41, 5.74) is -0.677. The Balaban J connectivity index is 2.20. The van der Waals surface area contributed by atoms with E-state index >= 15 is 0 Å². The summed E-state index contributed by atoms with van der Waals surface area (Å²) in [5.74, 6) is -0.0789. The first-order valence-corrected chi connectivity index (χ1v) is 6.43. The largest absolute Gasteiger partial charge is 0.381 e. The zero-order valence-corrected chi connectivity index (χ0v) is 10.9. The van der Waals surface area contributed by atoms with Gasteiger partial charge in [-0.05, 0) is 0 Å². The van der Waals surface area contributed by atoms with E-state index in [2.05, 4.69) is 10.3 Å². The van der Waals surface area contributed by atoms with Gasteiger partial charge in [-0.15, -0.1) is 11.8 Å². The third-order valence-corrected chi connectivity index (χ3v) is 3.59. The van der Waals surface area contributed by atoms with E-state index in [4.69, 9.17) is 9.47 Å². The van der Waals surface area contributed by atoms with Crippen molar-refractivity contribution in [2.24, 2.45) is 0 Å². The van der Waals surface area contributed by atoms with Gasteiger partial charge in [-0.1, -0.05) is 0 Å². The van der Waals surface area contributed by atoms with Gasteiger partial charge in [-0.2, -0.15) is 4.98 Å². The Bertz CT molecular complexity index is 482. The summed E-state index contributed by atoms with van der Waals surface area (Å²) in [4.78, 5) is 15.3. The predicted molar refractivity (Wildman–Crippen MR) is 66.2 cm³/mol. The van der Waals surface area contributed by atoms with Gasteiger partial charge in [0.05, 0.1) is 12.8 Å². The highest BCUT2D eigenvalue weighted by Gasteiger charge is 2.28. The van der Waals surface area contributed by atoms with Crippen molar-refractivity contribution in [2.75, 3.05) is 31.8 Å². The van der Waals surface area contributed by atoms with Crippen LogP contribution in [0, 0.1) is 5.82 Å². The molecule has 100 valence electrons. The van der Waals surface area contributed by atoms with Crippen molar-refractivity contribution in [3.63, 3.8) is 0 Å². The lowest BCUT2D eigenvalue weighted by molar-refractivity contribution is -0.0156. The topological polar surface area (TPSA) is 65.4 Å². The van der Waals surface area contributed by atoms with Crippen LogP contribution in [0.15, 0.2) is 11.0 Å². The number of aromatic nitrogens is 2. The van der Waals surface area contributed by atoms with Crippen LogP contribution in [0.5, 0.6) is 0 Å². The second kappa shape index (κ2) is 5.68. The summed E-state index contributed by atoms with van der Waals surface area (Å²) in [6.45, 7) is 0.431. The number of ether oxygens (including phenoxy) is 2. The molecule has 2 unspecified atom stereocenters. The number of thioether (sulfide) groups is 1. The number of hydrogen-bond acceptors (Lipinski definition) is 6. The Morgan fingerprint density at radius 3 is 3.22 bits per heavy atom. The van der Waals surface area contributed by atoms with Gasteiger partial charge in [0.2, 0.25) is 0 Å². The van der Waals surface area contributed by atoms with Crippen LogP contribution in [0.3, 0.4) is 0 Å². The summed E-state index contributed by atoms with van der Waals surface area (Å²) in [5, 5.41) is 2.52. The van der Waals surface area contributed by atoms with Gasteiger partial charge in [-0.25, -0.2) is 9.18 Å². The van der Waals surface area contributed by atoms with Gasteiger partial charge in [0, 0.05) is 19.9 Å². The van der Waals surface area contributed by atoms with Crippen LogP contribution in [0.25, 0.3) is 0 Å². The lowest BCUT2D eigenvalue weighted by Gasteiger charge is -2.14. The van der Waals surface area contributed by atoms with E-state index in [0.29, 0.717) is 12.4 Å². The van der Waals surface area contributed by atoms with E-state index in [1.165, 1.54) is 23.4 Å². The van der Waals surface area contributed by atoms with E-state index in [1.54, 1.807) is 7.11 Å². The molecule has 8 heteroatoms. The first kappa shape index (κ1) is 13.3. The summed E-state index contributed by atoms with van der Waals surface area (Å²) in [7, 11) is 3.08. The van der Waals surface area contributed by atoms with E-state index in [-0.39, 0.29) is 11.3 Å². The molecule has 0 aliphatic carbocycles. The summed E-state index contributed by atoms with van der Waals surface area (Å²) < 4.78 is 25.3. The number of nitrogens with one attached hydrogen (secondary N) is 1. The SMILES string of the molecule is CNc1nc(=O)n(C2CSC(COC)O2)cc1F. The number of hydrogen-bond donors (Lipinski definition) is 1. The molecule has 0 bridgehead atoms. The molecular weight excluding hydrogens is 261 g/mol. The molecule has 2 heterocycles. The molecule has 2 atom stereocenters. The molecule has 1 aromatic rings. The van der Waals surface area contributed by atoms with E-state index in [1.807, 2.05) is 0 Å². The maximum Gasteiger partial charge on any atom is 0.351 e. The zero-order chi connectivity index (χ0) is 13.1. The quantitative estimate of drug-likeness (QED) is 0.871. The smallest absolute Gasteiger partial charge is 0.351 e. The molecule has 1 N–H and O–H groups in total. The summed E-state index contributed by atoms with van der Waals surface area (Å²) >= 11 is 1.52. The standard InChI is InChI=1S/C10H14FN3O3S/c1-12-9-6(11)3-14(10(15)13-9)7-5-18-8(17-7)4-16-2/h3,7-8H,4-5H2,1-2H3,(H,12,13,15). The second-order valence-corrected chi connectivity index (χ2v) is 4.88. The zero-order valence-electron chi connectivity index (χ0n) is 10.1. The highest BCUT2D eigenvalue weighted by Crippen LogP contribution is 2.31. The van der Waals surface area contributed by atoms with Crippen molar-refractivity contribution < 1.29 is 13.9 Å². The van der Waals surface area contributed by atoms with E-state index in [9.17, 15) is 9.18 Å². The van der Waals surface area contributed by atoms with Crippen LogP contribution in [0.4, 0.5) is 10.2 Å². The molecule has 1 aromatic heterocycles. The fourth-order valence-corrected chi connectivity index (χ4v) is 2.70. The molecule has 0 amide bonds. The monoisotopic (exact) mass is 275 g/mol. The Morgan fingerprint density at radius 1 is 1.78 bits per heavy atom. The minimum Gasteiger partial charge on any atom is -0.381 e. The Morgan fingerprint density at radius 2 is 2.56 bits per heavy atom. The summed E-state index contributed by atoms with van der Waals surface area (Å²) in [6, 6.07) is 0.